The summed E-state index contributed by atoms with van der Waals surface area (Å²) in [5.74, 6) is 0.639. The first kappa shape index (κ1) is 14.8. The number of fused-ring (bicyclic) bond motifs is 1. The highest BCUT2D eigenvalue weighted by Gasteiger charge is 2.22. The van der Waals surface area contributed by atoms with Gasteiger partial charge in [0.1, 0.15) is 5.76 Å². The minimum atomic E-state index is -0.436. The van der Waals surface area contributed by atoms with Crippen LogP contribution in [0.3, 0.4) is 0 Å². The van der Waals surface area contributed by atoms with Crippen LogP contribution >= 0.6 is 27.5 Å². The second kappa shape index (κ2) is 5.81. The molecular weight excluding hydrogens is 333 g/mol. The Morgan fingerprint density at radius 1 is 1.42 bits per heavy atom. The Bertz CT molecular complexity index is 597. The van der Waals surface area contributed by atoms with Crippen LogP contribution in [-0.4, -0.2) is 6.54 Å². The van der Waals surface area contributed by atoms with Crippen LogP contribution in [0.2, 0.25) is 5.02 Å². The van der Waals surface area contributed by atoms with Crippen molar-refractivity contribution >= 4 is 38.5 Å². The van der Waals surface area contributed by atoms with E-state index >= 15 is 0 Å². The molecule has 1 aromatic carbocycles. The largest absolute Gasteiger partial charge is 0.458 e. The van der Waals surface area contributed by atoms with Crippen molar-refractivity contribution in [2.75, 3.05) is 6.54 Å². The van der Waals surface area contributed by atoms with Crippen molar-refractivity contribution in [1.82, 2.24) is 5.32 Å². The molecule has 0 bridgehead atoms. The molecule has 1 unspecified atom stereocenters. The predicted octanol–water partition coefficient (Wildman–Crippen LogP) is 5.29. The first-order valence-corrected chi connectivity index (χ1v) is 7.43. The molecule has 2 rings (SSSR count). The van der Waals surface area contributed by atoms with Gasteiger partial charge in [0, 0.05) is 0 Å². The smallest absolute Gasteiger partial charge is 0.152 e. The van der Waals surface area contributed by atoms with E-state index in [1.807, 2.05) is 6.92 Å². The molecule has 1 aromatic heterocycles. The van der Waals surface area contributed by atoms with Crippen molar-refractivity contribution in [1.29, 1.82) is 0 Å². The van der Waals surface area contributed by atoms with Crippen molar-refractivity contribution < 1.29 is 8.81 Å². The summed E-state index contributed by atoms with van der Waals surface area (Å²) in [6, 6.07) is 3.31. The van der Waals surface area contributed by atoms with Gasteiger partial charge in [-0.25, -0.2) is 4.39 Å². The maximum atomic E-state index is 14.0. The molecule has 1 atom stereocenters. The Hall–Kier alpha value is -0.580. The highest BCUT2D eigenvalue weighted by atomic mass is 79.9. The van der Waals surface area contributed by atoms with Gasteiger partial charge in [0.25, 0.3) is 0 Å². The van der Waals surface area contributed by atoms with E-state index in [1.54, 1.807) is 6.07 Å². The van der Waals surface area contributed by atoms with E-state index in [4.69, 9.17) is 16.0 Å². The molecule has 0 saturated carbocycles. The van der Waals surface area contributed by atoms with E-state index in [0.717, 1.165) is 12.3 Å². The fourth-order valence-corrected chi connectivity index (χ4v) is 3.02. The molecule has 0 saturated heterocycles. The number of hydrogen-bond acceptors (Lipinski definition) is 2. The monoisotopic (exact) mass is 347 g/mol. The Labute approximate surface area is 125 Å². The molecule has 104 valence electrons. The standard InChI is InChI=1S/C14H16BrClFNO/c1-4-18-13(7(2)3)11-5-8-12(17)10(16)6-9(15)14(8)19-11/h5-7,13,18H,4H2,1-3H3. The normalized spacial score (nSPS) is 13.4. The zero-order valence-corrected chi connectivity index (χ0v) is 13.4. The summed E-state index contributed by atoms with van der Waals surface area (Å²) < 4.78 is 20.5. The maximum Gasteiger partial charge on any atom is 0.152 e. The molecule has 5 heteroatoms. The summed E-state index contributed by atoms with van der Waals surface area (Å²) in [7, 11) is 0. The van der Waals surface area contributed by atoms with Gasteiger partial charge in [-0.2, -0.15) is 0 Å². The van der Waals surface area contributed by atoms with Gasteiger partial charge in [-0.1, -0.05) is 32.4 Å². The summed E-state index contributed by atoms with van der Waals surface area (Å²) in [6.45, 7) is 7.05. The zero-order valence-electron chi connectivity index (χ0n) is 11.1. The van der Waals surface area contributed by atoms with Crippen LogP contribution in [0.5, 0.6) is 0 Å². The van der Waals surface area contributed by atoms with Gasteiger partial charge in [-0.05, 0) is 40.5 Å². The Kier molecular flexibility index (Phi) is 4.54. The second-order valence-electron chi connectivity index (χ2n) is 4.83. The molecule has 0 aliphatic carbocycles. The average molecular weight is 349 g/mol. The number of halogens is 3. The molecule has 0 aliphatic rings. The third kappa shape index (κ3) is 2.81. The second-order valence-corrected chi connectivity index (χ2v) is 6.09. The number of nitrogens with one attached hydrogen (secondary N) is 1. The summed E-state index contributed by atoms with van der Waals surface area (Å²) in [6.07, 6.45) is 0. The molecule has 0 radical (unpaired) electrons. The fraction of sp³-hybridized carbons (Fsp3) is 0.429. The fourth-order valence-electron chi connectivity index (χ4n) is 2.16. The van der Waals surface area contributed by atoms with Crippen LogP contribution in [-0.2, 0) is 0 Å². The minimum Gasteiger partial charge on any atom is -0.458 e. The Morgan fingerprint density at radius 3 is 2.68 bits per heavy atom. The van der Waals surface area contributed by atoms with Crippen molar-refractivity contribution in [3.63, 3.8) is 0 Å². The molecular formula is C14H16BrClFNO. The van der Waals surface area contributed by atoms with Crippen molar-refractivity contribution in [2.24, 2.45) is 5.92 Å². The van der Waals surface area contributed by atoms with E-state index < -0.39 is 5.82 Å². The zero-order chi connectivity index (χ0) is 14.2. The van der Waals surface area contributed by atoms with Crippen LogP contribution in [0.25, 0.3) is 11.0 Å². The number of rotatable bonds is 4. The molecule has 2 aromatic rings. The van der Waals surface area contributed by atoms with Gasteiger partial charge in [-0.15, -0.1) is 0 Å². The third-order valence-corrected chi connectivity index (χ3v) is 3.93. The van der Waals surface area contributed by atoms with Gasteiger partial charge in [0.2, 0.25) is 0 Å². The van der Waals surface area contributed by atoms with E-state index in [2.05, 4.69) is 35.1 Å². The van der Waals surface area contributed by atoms with Crippen molar-refractivity contribution in [2.45, 2.75) is 26.8 Å². The summed E-state index contributed by atoms with van der Waals surface area (Å²) >= 11 is 9.20. The maximum absolute atomic E-state index is 14.0. The SMILES string of the molecule is CCNC(c1cc2c(F)c(Cl)cc(Br)c2o1)C(C)C. The Balaban J connectivity index is 2.57. The van der Waals surface area contributed by atoms with Crippen LogP contribution in [0.1, 0.15) is 32.6 Å². The molecule has 2 nitrogen and oxygen atoms in total. The minimum absolute atomic E-state index is 0.0578. The molecule has 0 spiro atoms. The highest BCUT2D eigenvalue weighted by molar-refractivity contribution is 9.10. The average Bonchev–Trinajstić information content (AvgIpc) is 2.78. The molecule has 19 heavy (non-hydrogen) atoms. The number of furan rings is 1. The van der Waals surface area contributed by atoms with E-state index in [0.29, 0.717) is 21.4 Å². The lowest BCUT2D eigenvalue weighted by atomic mass is 10.0. The molecule has 0 amide bonds. The van der Waals surface area contributed by atoms with E-state index in [1.165, 1.54) is 6.07 Å². The van der Waals surface area contributed by atoms with E-state index in [-0.39, 0.29) is 11.1 Å². The summed E-state index contributed by atoms with van der Waals surface area (Å²) in [4.78, 5) is 0. The number of hydrogen-bond donors (Lipinski definition) is 1. The van der Waals surface area contributed by atoms with Gasteiger partial charge in [0.15, 0.2) is 11.4 Å². The lowest BCUT2D eigenvalue weighted by Crippen LogP contribution is -2.24. The van der Waals surface area contributed by atoms with Gasteiger partial charge >= 0.3 is 0 Å². The quantitative estimate of drug-likeness (QED) is 0.759. The lowest BCUT2D eigenvalue weighted by molar-refractivity contribution is 0.356. The van der Waals surface area contributed by atoms with Crippen LogP contribution < -0.4 is 5.32 Å². The first-order valence-electron chi connectivity index (χ1n) is 6.26. The molecule has 0 fully saturated rings. The van der Waals surface area contributed by atoms with Crippen LogP contribution in [0, 0.1) is 11.7 Å². The summed E-state index contributed by atoms with van der Waals surface area (Å²) in [5.41, 5.74) is 0.500. The van der Waals surface area contributed by atoms with Gasteiger partial charge in [-0.3, -0.25) is 0 Å². The van der Waals surface area contributed by atoms with E-state index in [9.17, 15) is 4.39 Å². The first-order chi connectivity index (χ1) is 8.95. The molecule has 0 aliphatic heterocycles. The number of benzene rings is 1. The topological polar surface area (TPSA) is 25.2 Å². The lowest BCUT2D eigenvalue weighted by Gasteiger charge is -2.19. The van der Waals surface area contributed by atoms with Crippen molar-refractivity contribution in [3.8, 4) is 0 Å². The summed E-state index contributed by atoms with van der Waals surface area (Å²) in [5, 5.41) is 3.86. The van der Waals surface area contributed by atoms with Crippen LogP contribution in [0.15, 0.2) is 21.0 Å². The van der Waals surface area contributed by atoms with Gasteiger partial charge in [0.05, 0.1) is 20.9 Å². The highest BCUT2D eigenvalue weighted by Crippen LogP contribution is 2.36. The Morgan fingerprint density at radius 2 is 2.11 bits per heavy atom. The molecule has 1 N–H and O–H groups in total. The van der Waals surface area contributed by atoms with Gasteiger partial charge < -0.3 is 9.73 Å². The van der Waals surface area contributed by atoms with Crippen molar-refractivity contribution in [3.05, 3.63) is 33.2 Å². The molecule has 1 heterocycles. The third-order valence-electron chi connectivity index (χ3n) is 3.06. The van der Waals surface area contributed by atoms with Crippen LogP contribution in [0.4, 0.5) is 4.39 Å². The predicted molar refractivity (Wildman–Crippen MR) is 80.1 cm³/mol.